The molecule has 0 aliphatic carbocycles. The largest absolute Gasteiger partial charge is 1.00 e. The van der Waals surface area contributed by atoms with E-state index in [1.807, 2.05) is 0 Å². The van der Waals surface area contributed by atoms with Crippen molar-refractivity contribution in [3.63, 3.8) is 0 Å². The van der Waals surface area contributed by atoms with Gasteiger partial charge in [0.25, 0.3) is 5.91 Å². The lowest BCUT2D eigenvalue weighted by atomic mass is 10.1. The van der Waals surface area contributed by atoms with E-state index in [2.05, 4.69) is 4.90 Å². The maximum Gasteiger partial charge on any atom is 0.263 e. The molecule has 4 heterocycles. The Hall–Kier alpha value is -4.00. The fraction of sp³-hybridized carbons (Fsp3) is 0.450. The number of quaternary nitrogens is 1. The molecular weight excluding hydrogens is 734 g/mol. The maximum atomic E-state index is 14.1. The van der Waals surface area contributed by atoms with Crippen molar-refractivity contribution in [3.05, 3.63) is 88.2 Å². The van der Waals surface area contributed by atoms with Crippen molar-refractivity contribution in [2.24, 2.45) is 0 Å². The van der Waals surface area contributed by atoms with Gasteiger partial charge in [0.15, 0.2) is 0 Å². The minimum absolute atomic E-state index is 0. The van der Waals surface area contributed by atoms with E-state index in [4.69, 9.17) is 14.2 Å². The first kappa shape index (κ1) is 39.2. The third-order valence-corrected chi connectivity index (χ3v) is 10.5. The predicted octanol–water partition coefficient (Wildman–Crippen LogP) is 3.82. The van der Waals surface area contributed by atoms with Crippen molar-refractivity contribution in [1.82, 2.24) is 9.47 Å². The van der Waals surface area contributed by atoms with Crippen molar-refractivity contribution in [2.75, 3.05) is 78.1 Å². The number of nitrogens with zero attached hydrogens (tertiary/aromatic N) is 4. The minimum Gasteiger partial charge on any atom is -1.00 e. The first-order chi connectivity index (χ1) is 24.7. The molecule has 12 heteroatoms. The number of hydrogen-bond donors (Lipinski definition) is 0. The van der Waals surface area contributed by atoms with Crippen LogP contribution >= 0.6 is 0 Å². The second-order valence-corrected chi connectivity index (χ2v) is 13.7. The zero-order valence-corrected chi connectivity index (χ0v) is 31.9. The van der Waals surface area contributed by atoms with Crippen LogP contribution in [0.3, 0.4) is 0 Å². The third kappa shape index (κ3) is 8.95. The van der Waals surface area contributed by atoms with E-state index in [-0.39, 0.29) is 40.2 Å². The molecule has 52 heavy (non-hydrogen) atoms. The molecule has 7 rings (SSSR count). The lowest BCUT2D eigenvalue weighted by Crippen LogP contribution is -3.00. The Balaban J connectivity index is 0.00000523. The van der Waals surface area contributed by atoms with Crippen LogP contribution in [0.2, 0.25) is 0 Å². The van der Waals surface area contributed by atoms with Crippen LogP contribution in [-0.2, 0) is 0 Å². The minimum atomic E-state index is -0.822. The average molecular weight is 784 g/mol. The van der Waals surface area contributed by atoms with Gasteiger partial charge in [0.05, 0.1) is 58.2 Å². The Bertz CT molecular complexity index is 1860. The first-order valence-corrected chi connectivity index (χ1v) is 18.1. The number of hydrogen-bond acceptors (Lipinski definition) is 6. The van der Waals surface area contributed by atoms with E-state index in [9.17, 15) is 18.4 Å². The molecule has 0 atom stereocenters. The number of ether oxygens (including phenoxy) is 3. The number of piperazine rings is 3. The molecule has 3 aromatic carbocycles. The topological polar surface area (TPSA) is 73.2 Å². The van der Waals surface area contributed by atoms with Gasteiger partial charge in [0.1, 0.15) is 34.4 Å². The molecule has 4 aromatic rings. The van der Waals surface area contributed by atoms with Crippen LogP contribution in [0.4, 0.5) is 14.5 Å². The number of pyridine rings is 1. The Morgan fingerprint density at radius 3 is 2.04 bits per heavy atom. The second-order valence-electron chi connectivity index (χ2n) is 13.7. The SMILES string of the molecule is CCN(C(=O)c1cn(-c2cc(OC)cc(OC)c2)c2cc(OCCCCCCCC[N+]34CCN(CC3)CC4)ccc2c1=O)c1cc(F)cc(F)c1.[Br-]. The molecular formula is C40H49BrF2N4O5. The molecule has 3 aliphatic rings. The molecule has 3 aliphatic heterocycles. The van der Waals surface area contributed by atoms with Gasteiger partial charge >= 0.3 is 0 Å². The van der Waals surface area contributed by atoms with Gasteiger partial charge in [0.2, 0.25) is 5.43 Å². The molecule has 0 saturated carbocycles. The summed E-state index contributed by atoms with van der Waals surface area (Å²) in [5, 5.41) is 0.286. The number of unbranched alkanes of at least 4 members (excludes halogenated alkanes) is 5. The number of methoxy groups -OCH3 is 2. The molecule has 1 amide bonds. The summed E-state index contributed by atoms with van der Waals surface area (Å²) in [7, 11) is 3.08. The highest BCUT2D eigenvalue weighted by molar-refractivity contribution is 6.07. The molecule has 0 radical (unpaired) electrons. The third-order valence-electron chi connectivity index (χ3n) is 10.5. The average Bonchev–Trinajstić information content (AvgIpc) is 3.14. The van der Waals surface area contributed by atoms with Gasteiger partial charge < -0.3 is 45.1 Å². The van der Waals surface area contributed by atoms with Crippen molar-refractivity contribution < 1.29 is 49.3 Å². The number of benzene rings is 3. The number of halogens is 3. The van der Waals surface area contributed by atoms with E-state index in [0.29, 0.717) is 35.1 Å². The van der Waals surface area contributed by atoms with Crippen molar-refractivity contribution in [1.29, 1.82) is 0 Å². The molecule has 2 bridgehead atoms. The lowest BCUT2D eigenvalue weighted by Gasteiger charge is -2.50. The Kier molecular flexibility index (Phi) is 13.3. The highest BCUT2D eigenvalue weighted by Crippen LogP contribution is 2.30. The van der Waals surface area contributed by atoms with Crippen LogP contribution in [-0.4, -0.2) is 93.0 Å². The fourth-order valence-corrected chi connectivity index (χ4v) is 7.49. The van der Waals surface area contributed by atoms with Crippen LogP contribution in [0.15, 0.2) is 65.6 Å². The number of anilines is 1. The number of carbonyl (C=O) groups excluding carboxylic acids is 1. The summed E-state index contributed by atoms with van der Waals surface area (Å²) in [4.78, 5) is 31.6. The van der Waals surface area contributed by atoms with E-state index in [1.165, 1.54) is 87.1 Å². The summed E-state index contributed by atoms with van der Waals surface area (Å²) in [5.41, 5.74) is 0.448. The van der Waals surface area contributed by atoms with Crippen LogP contribution in [0.25, 0.3) is 16.6 Å². The number of fused-ring (bicyclic) bond motifs is 4. The summed E-state index contributed by atoms with van der Waals surface area (Å²) in [6.45, 7) is 11.4. The van der Waals surface area contributed by atoms with Gasteiger partial charge in [-0.05, 0) is 50.5 Å². The van der Waals surface area contributed by atoms with Gasteiger partial charge in [-0.15, -0.1) is 0 Å². The number of amides is 1. The van der Waals surface area contributed by atoms with Gasteiger partial charge in [-0.2, -0.15) is 0 Å². The van der Waals surface area contributed by atoms with E-state index >= 15 is 0 Å². The molecule has 3 fully saturated rings. The van der Waals surface area contributed by atoms with Crippen LogP contribution < -0.4 is 41.5 Å². The monoisotopic (exact) mass is 782 g/mol. The van der Waals surface area contributed by atoms with Gasteiger partial charge in [-0.25, -0.2) is 8.78 Å². The summed E-state index contributed by atoms with van der Waals surface area (Å²) in [5.74, 6) is -0.697. The summed E-state index contributed by atoms with van der Waals surface area (Å²) in [6, 6.07) is 13.3. The highest BCUT2D eigenvalue weighted by Gasteiger charge is 2.37. The Morgan fingerprint density at radius 2 is 1.42 bits per heavy atom. The lowest BCUT2D eigenvalue weighted by molar-refractivity contribution is -0.941. The molecule has 9 nitrogen and oxygen atoms in total. The first-order valence-electron chi connectivity index (χ1n) is 18.1. The second kappa shape index (κ2) is 17.7. The summed E-state index contributed by atoms with van der Waals surface area (Å²) >= 11 is 0. The molecule has 3 saturated heterocycles. The maximum absolute atomic E-state index is 14.1. The van der Waals surface area contributed by atoms with Crippen molar-refractivity contribution >= 4 is 22.5 Å². The molecule has 1 aromatic heterocycles. The predicted molar refractivity (Wildman–Crippen MR) is 196 cm³/mol. The molecule has 0 spiro atoms. The van der Waals surface area contributed by atoms with Crippen molar-refractivity contribution in [3.8, 4) is 22.9 Å². The molecule has 0 N–H and O–H groups in total. The molecule has 280 valence electrons. The normalized spacial score (nSPS) is 17.8. The van der Waals surface area contributed by atoms with Crippen LogP contribution in [0, 0.1) is 11.6 Å². The van der Waals surface area contributed by atoms with Gasteiger partial charge in [-0.3, -0.25) is 14.5 Å². The smallest absolute Gasteiger partial charge is 0.263 e. The zero-order chi connectivity index (χ0) is 36.0. The van der Waals surface area contributed by atoms with Crippen molar-refractivity contribution in [2.45, 2.75) is 45.4 Å². The summed E-state index contributed by atoms with van der Waals surface area (Å²) in [6.07, 6.45) is 8.48. The number of aromatic nitrogens is 1. The summed E-state index contributed by atoms with van der Waals surface area (Å²) < 4.78 is 48.5. The van der Waals surface area contributed by atoms with Crippen LogP contribution in [0.5, 0.6) is 17.2 Å². The fourth-order valence-electron chi connectivity index (χ4n) is 7.49. The standard InChI is InChI=1S/C40H49F2N4O5.BrH/c1-4-44(31-22-29(41)21-30(42)23-31)40(48)37-28-45(32-24-34(49-2)26-35(25-32)50-3)38-27-33(11-12-36(38)39(37)47)51-20-10-8-6-5-7-9-16-46-17-13-43(14-18-46)15-19-46;/h11-12,21-28H,4-10,13-20H2,1-3H3;1H/q+1;/p-1. The number of rotatable bonds is 16. The zero-order valence-electron chi connectivity index (χ0n) is 30.3. The van der Waals surface area contributed by atoms with E-state index in [1.54, 1.807) is 62.1 Å². The van der Waals surface area contributed by atoms with E-state index < -0.39 is 23.0 Å². The molecule has 0 unspecified atom stereocenters. The quantitative estimate of drug-likeness (QED) is 0.127. The number of carbonyl (C=O) groups is 1. The van der Waals surface area contributed by atoms with Gasteiger partial charge in [-0.1, -0.05) is 19.3 Å². The van der Waals surface area contributed by atoms with Crippen LogP contribution in [0.1, 0.15) is 55.8 Å². The van der Waals surface area contributed by atoms with E-state index in [0.717, 1.165) is 31.0 Å². The highest BCUT2D eigenvalue weighted by atomic mass is 79.9. The Labute approximate surface area is 315 Å². The Morgan fingerprint density at radius 1 is 0.808 bits per heavy atom. The van der Waals surface area contributed by atoms with Gasteiger partial charge in [0, 0.05) is 73.8 Å².